The van der Waals surface area contributed by atoms with Gasteiger partial charge in [0.15, 0.2) is 0 Å². The highest BCUT2D eigenvalue weighted by molar-refractivity contribution is 6.07. The van der Waals surface area contributed by atoms with Crippen molar-refractivity contribution in [1.82, 2.24) is 19.7 Å². The lowest BCUT2D eigenvalue weighted by Crippen LogP contribution is -2.44. The molecule has 3 aromatic rings. The number of nitrogens with one attached hydrogen (secondary N) is 2. The zero-order valence-electron chi connectivity index (χ0n) is 14.3. The Labute approximate surface area is 144 Å². The third kappa shape index (κ3) is 2.48. The number of aromatic nitrogens is 3. The maximum absolute atomic E-state index is 12.5. The van der Waals surface area contributed by atoms with E-state index in [4.69, 9.17) is 0 Å². The molecule has 0 bridgehead atoms. The largest absolute Gasteiger partial charge is 0.346 e. The molecule has 0 aliphatic carbocycles. The monoisotopic (exact) mass is 337 g/mol. The Balaban J connectivity index is 1.75. The zero-order chi connectivity index (χ0) is 17.7. The fraction of sp³-hybridized carbons (Fsp3) is 0.278. The quantitative estimate of drug-likeness (QED) is 0.753. The molecule has 1 aromatic carbocycles. The fourth-order valence-corrected chi connectivity index (χ4v) is 3.29. The van der Waals surface area contributed by atoms with E-state index in [1.54, 1.807) is 30.2 Å². The molecule has 3 heterocycles. The number of rotatable bonds is 2. The van der Waals surface area contributed by atoms with E-state index in [-0.39, 0.29) is 23.9 Å². The van der Waals surface area contributed by atoms with Crippen molar-refractivity contribution in [3.63, 3.8) is 0 Å². The summed E-state index contributed by atoms with van der Waals surface area (Å²) in [5, 5.41) is 10.8. The molecule has 2 atom stereocenters. The molecule has 0 saturated carbocycles. The molecule has 7 heteroatoms. The molecule has 7 nitrogen and oxygen atoms in total. The third-order valence-electron chi connectivity index (χ3n) is 4.79. The van der Waals surface area contributed by atoms with Gasteiger partial charge in [-0.1, -0.05) is 6.07 Å². The van der Waals surface area contributed by atoms with Gasteiger partial charge in [-0.2, -0.15) is 5.10 Å². The van der Waals surface area contributed by atoms with Crippen LogP contribution in [0.25, 0.3) is 10.9 Å². The second-order valence-electron chi connectivity index (χ2n) is 6.53. The smallest absolute Gasteiger partial charge is 0.268 e. The summed E-state index contributed by atoms with van der Waals surface area (Å²) in [5.41, 5.74) is 2.71. The van der Waals surface area contributed by atoms with Gasteiger partial charge in [-0.3, -0.25) is 14.3 Å². The lowest BCUT2D eigenvalue weighted by atomic mass is 10.1. The molecular formula is C18H19N5O2. The summed E-state index contributed by atoms with van der Waals surface area (Å²) in [6, 6.07) is 7.50. The lowest BCUT2D eigenvalue weighted by Gasteiger charge is -2.30. The van der Waals surface area contributed by atoms with E-state index in [1.807, 2.05) is 29.7 Å². The minimum atomic E-state index is -0.202. The first kappa shape index (κ1) is 15.4. The Hall–Kier alpha value is -3.09. The van der Waals surface area contributed by atoms with Crippen LogP contribution in [0.5, 0.6) is 0 Å². The van der Waals surface area contributed by atoms with Gasteiger partial charge in [-0.05, 0) is 32.0 Å². The Bertz CT molecular complexity index is 1000. The van der Waals surface area contributed by atoms with Crippen LogP contribution >= 0.6 is 0 Å². The molecule has 2 aromatic heterocycles. The summed E-state index contributed by atoms with van der Waals surface area (Å²) in [7, 11) is 1.79. The highest BCUT2D eigenvalue weighted by Crippen LogP contribution is 2.30. The maximum Gasteiger partial charge on any atom is 0.268 e. The van der Waals surface area contributed by atoms with Crippen molar-refractivity contribution in [1.29, 1.82) is 0 Å². The number of carbonyl (C=O) groups is 2. The van der Waals surface area contributed by atoms with Crippen molar-refractivity contribution < 1.29 is 9.59 Å². The van der Waals surface area contributed by atoms with E-state index >= 15 is 0 Å². The number of aryl methyl sites for hydroxylation is 1. The van der Waals surface area contributed by atoms with Gasteiger partial charge in [0.2, 0.25) is 0 Å². The molecule has 0 spiro atoms. The molecule has 0 radical (unpaired) electrons. The minimum Gasteiger partial charge on any atom is -0.346 e. The highest BCUT2D eigenvalue weighted by atomic mass is 16.2. The number of fused-ring (bicyclic) bond motifs is 3. The van der Waals surface area contributed by atoms with Crippen LogP contribution in [-0.4, -0.2) is 32.2 Å². The first-order valence-electron chi connectivity index (χ1n) is 8.20. The first-order valence-corrected chi connectivity index (χ1v) is 8.20. The van der Waals surface area contributed by atoms with Gasteiger partial charge in [0.25, 0.3) is 11.8 Å². The van der Waals surface area contributed by atoms with Gasteiger partial charge in [-0.15, -0.1) is 0 Å². The Morgan fingerprint density at radius 2 is 2.08 bits per heavy atom. The number of carbonyl (C=O) groups excluding carboxylic acids is 2. The summed E-state index contributed by atoms with van der Waals surface area (Å²) in [6.45, 7) is 4.05. The zero-order valence-corrected chi connectivity index (χ0v) is 14.3. The molecule has 25 heavy (non-hydrogen) atoms. The van der Waals surface area contributed by atoms with Gasteiger partial charge in [0.05, 0.1) is 17.9 Å². The standard InChI is InChI=1S/C18H19N5O2/c1-10-11(2)23-15-7-13(17(24)21-14-8-19-22(3)9-14)5-4-12(15)6-16(23)18(25)20-10/h4-11H,1-3H3,(H,20,25)(H,21,24)/t10-,11+/m1/s1. The fourth-order valence-electron chi connectivity index (χ4n) is 3.29. The van der Waals surface area contributed by atoms with Gasteiger partial charge in [0, 0.05) is 35.8 Å². The number of benzene rings is 1. The number of hydrogen-bond acceptors (Lipinski definition) is 3. The van der Waals surface area contributed by atoms with Crippen LogP contribution in [0.2, 0.25) is 0 Å². The SMILES string of the molecule is C[C@H]1NC(=O)c2cc3ccc(C(=O)Nc4cnn(C)c4)cc3n2[C@H]1C. The van der Waals surface area contributed by atoms with Crippen LogP contribution in [0.4, 0.5) is 5.69 Å². The highest BCUT2D eigenvalue weighted by Gasteiger charge is 2.29. The van der Waals surface area contributed by atoms with Crippen LogP contribution in [0.3, 0.4) is 0 Å². The predicted molar refractivity (Wildman–Crippen MR) is 94.7 cm³/mol. The number of anilines is 1. The third-order valence-corrected chi connectivity index (χ3v) is 4.79. The van der Waals surface area contributed by atoms with Crippen molar-refractivity contribution >= 4 is 28.4 Å². The molecule has 0 fully saturated rings. The summed E-state index contributed by atoms with van der Waals surface area (Å²) >= 11 is 0. The molecule has 1 aliphatic rings. The summed E-state index contributed by atoms with van der Waals surface area (Å²) in [6.07, 6.45) is 3.34. The van der Waals surface area contributed by atoms with Crippen molar-refractivity contribution in [2.24, 2.45) is 7.05 Å². The lowest BCUT2D eigenvalue weighted by molar-refractivity contribution is 0.0891. The number of nitrogens with zero attached hydrogens (tertiary/aromatic N) is 3. The Morgan fingerprint density at radius 3 is 2.80 bits per heavy atom. The van der Waals surface area contributed by atoms with E-state index in [0.717, 1.165) is 10.9 Å². The summed E-state index contributed by atoms with van der Waals surface area (Å²) < 4.78 is 3.64. The molecule has 0 saturated heterocycles. The van der Waals surface area contributed by atoms with E-state index in [2.05, 4.69) is 22.7 Å². The van der Waals surface area contributed by atoms with Crippen LogP contribution < -0.4 is 10.6 Å². The molecular weight excluding hydrogens is 318 g/mol. The van der Waals surface area contributed by atoms with Crippen molar-refractivity contribution in [3.05, 3.63) is 47.9 Å². The van der Waals surface area contributed by atoms with E-state index in [0.29, 0.717) is 16.9 Å². The van der Waals surface area contributed by atoms with Crippen LogP contribution in [0.15, 0.2) is 36.7 Å². The van der Waals surface area contributed by atoms with Gasteiger partial charge >= 0.3 is 0 Å². The normalized spacial score (nSPS) is 19.6. The van der Waals surface area contributed by atoms with Crippen molar-refractivity contribution in [2.45, 2.75) is 25.9 Å². The van der Waals surface area contributed by atoms with E-state index < -0.39 is 0 Å². The van der Waals surface area contributed by atoms with Crippen molar-refractivity contribution in [3.8, 4) is 0 Å². The Kier molecular flexibility index (Phi) is 3.38. The summed E-state index contributed by atoms with van der Waals surface area (Å²) in [5.74, 6) is -0.283. The van der Waals surface area contributed by atoms with Crippen LogP contribution in [0.1, 0.15) is 40.7 Å². The topological polar surface area (TPSA) is 81.0 Å². The first-order chi connectivity index (χ1) is 11.9. The number of amides is 2. The summed E-state index contributed by atoms with van der Waals surface area (Å²) in [4.78, 5) is 24.8. The van der Waals surface area contributed by atoms with Crippen LogP contribution in [-0.2, 0) is 7.05 Å². The molecule has 1 aliphatic heterocycles. The van der Waals surface area contributed by atoms with Crippen molar-refractivity contribution in [2.75, 3.05) is 5.32 Å². The average molecular weight is 337 g/mol. The molecule has 128 valence electrons. The van der Waals surface area contributed by atoms with Gasteiger partial charge in [-0.25, -0.2) is 0 Å². The molecule has 0 unspecified atom stereocenters. The average Bonchev–Trinajstić information content (AvgIpc) is 3.15. The molecule has 4 rings (SSSR count). The van der Waals surface area contributed by atoms with Crippen LogP contribution in [0, 0.1) is 0 Å². The minimum absolute atomic E-state index is 0.0310. The second-order valence-corrected chi connectivity index (χ2v) is 6.53. The predicted octanol–water partition coefficient (Wildman–Crippen LogP) is 2.32. The molecule has 2 amide bonds. The second kappa shape index (κ2) is 5.47. The van der Waals surface area contributed by atoms with E-state index in [1.165, 1.54) is 0 Å². The van der Waals surface area contributed by atoms with Gasteiger partial charge in [0.1, 0.15) is 5.69 Å². The number of hydrogen-bond donors (Lipinski definition) is 2. The maximum atomic E-state index is 12.5. The van der Waals surface area contributed by atoms with E-state index in [9.17, 15) is 9.59 Å². The van der Waals surface area contributed by atoms with Gasteiger partial charge < -0.3 is 15.2 Å². The molecule has 2 N–H and O–H groups in total. The Morgan fingerprint density at radius 1 is 1.28 bits per heavy atom.